The zero-order valence-corrected chi connectivity index (χ0v) is 83.0. The number of halogens is 16. The van der Waals surface area contributed by atoms with Crippen molar-refractivity contribution >= 4 is 126 Å². The van der Waals surface area contributed by atoms with Gasteiger partial charge < -0.3 is 46.4 Å². The maximum absolute atomic E-state index is 13.7. The van der Waals surface area contributed by atoms with Gasteiger partial charge in [0, 0.05) is 108 Å². The molecule has 17 nitrogen and oxygen atoms in total. The number of rotatable bonds is 40. The van der Waals surface area contributed by atoms with Crippen LogP contribution in [0, 0.1) is 11.6 Å². The Hall–Kier alpha value is -13.6. The summed E-state index contributed by atoms with van der Waals surface area (Å²) in [4.78, 5) is 92.7. The zero-order valence-electron chi connectivity index (χ0n) is 80.7. The Morgan fingerprint density at radius 1 is 0.358 bits per heavy atom. The van der Waals surface area contributed by atoms with Crippen molar-refractivity contribution in [3.05, 3.63) is 343 Å². The Morgan fingerprint density at radius 2 is 0.676 bits per heavy atom. The van der Waals surface area contributed by atoms with Crippen LogP contribution in [-0.4, -0.2) is 131 Å². The molecule has 1 aliphatic carbocycles. The van der Waals surface area contributed by atoms with Crippen LogP contribution in [0.1, 0.15) is 257 Å². The minimum Gasteiger partial charge on any atom is -0.490 e. The molecule has 0 bridgehead atoms. The van der Waals surface area contributed by atoms with Gasteiger partial charge in [-0.3, -0.25) is 38.4 Å². The van der Waals surface area contributed by atoms with E-state index in [9.17, 15) is 99.8 Å². The molecule has 0 aromatic heterocycles. The number of ether oxygens (including phenoxy) is 1. The predicted molar refractivity (Wildman–Crippen MR) is 546 cm³/mol. The largest absolute Gasteiger partial charge is 0.490 e. The van der Waals surface area contributed by atoms with E-state index in [2.05, 4.69) is 52.5 Å². The number of fused-ring (bicyclic) bond motifs is 4. The van der Waals surface area contributed by atoms with E-state index in [4.69, 9.17) is 48.4 Å². The van der Waals surface area contributed by atoms with Crippen LogP contribution in [-0.2, 0) is 19.2 Å². The molecule has 1 aliphatic rings. The van der Waals surface area contributed by atoms with Gasteiger partial charge in [0.15, 0.2) is 17.4 Å². The Kier molecular flexibility index (Phi) is 41.7. The average Bonchev–Trinajstić information content (AvgIpc) is 0.773. The first kappa shape index (κ1) is 115. The van der Waals surface area contributed by atoms with Crippen LogP contribution in [0.25, 0.3) is 54.2 Å². The van der Waals surface area contributed by atoms with E-state index in [0.717, 1.165) is 79.1 Å². The van der Waals surface area contributed by atoms with E-state index in [0.29, 0.717) is 94.7 Å². The summed E-state index contributed by atoms with van der Waals surface area (Å²) in [5, 5.41) is 52.5. The minimum absolute atomic E-state index is 0.000305. The maximum atomic E-state index is 13.7. The number of unbranched alkanes of at least 4 members (excludes halogenated alkanes) is 1. The van der Waals surface area contributed by atoms with E-state index < -0.39 is 133 Å². The summed E-state index contributed by atoms with van der Waals surface area (Å²) in [5.41, 5.74) is 9.18. The first-order valence-electron chi connectivity index (χ1n) is 48.3. The van der Waals surface area contributed by atoms with Gasteiger partial charge in [-0.25, -0.2) is 8.78 Å². The summed E-state index contributed by atoms with van der Waals surface area (Å²) in [6.07, 6.45) is -14.5. The second-order valence-corrected chi connectivity index (χ2v) is 38.1. The number of nitrogens with one attached hydrogen (secondary N) is 4. The van der Waals surface area contributed by atoms with Gasteiger partial charge in [0.1, 0.15) is 0 Å². The van der Waals surface area contributed by atoms with E-state index in [-0.39, 0.29) is 88.7 Å². The van der Waals surface area contributed by atoms with Crippen molar-refractivity contribution in [2.24, 2.45) is 0 Å². The third kappa shape index (κ3) is 35.3. The van der Waals surface area contributed by atoms with Gasteiger partial charge >= 0.3 is 48.6 Å². The van der Waals surface area contributed by atoms with Crippen LogP contribution < -0.4 is 26.0 Å². The fraction of sp³-hybridized carbons (Fsp3) is 0.316. The molecule has 0 heterocycles. The average molecular weight is 2110 g/mol. The Bertz CT molecular complexity index is 6770. The van der Waals surface area contributed by atoms with Crippen molar-refractivity contribution in [1.29, 1.82) is 0 Å². The lowest BCUT2D eigenvalue weighted by atomic mass is 9.82. The summed E-state index contributed by atoms with van der Waals surface area (Å²) in [5.74, 6) is -8.05. The number of thioether (sulfide) groups is 1. The van der Waals surface area contributed by atoms with E-state index >= 15 is 0 Å². The van der Waals surface area contributed by atoms with E-state index in [1.54, 1.807) is 145 Å². The van der Waals surface area contributed by atoms with E-state index in [1.165, 1.54) is 68.0 Å². The summed E-state index contributed by atoms with van der Waals surface area (Å²) in [6.45, 7) is 4.51. The van der Waals surface area contributed by atoms with Crippen LogP contribution in [0.4, 0.5) is 61.5 Å². The highest BCUT2D eigenvalue weighted by Gasteiger charge is 2.35. The maximum Gasteiger partial charge on any atom is 0.389 e. The highest BCUT2D eigenvalue weighted by atomic mass is 35.5. The Balaban J connectivity index is 0.000000188. The third-order valence-electron chi connectivity index (χ3n) is 25.3. The normalized spacial score (nSPS) is 13.1. The fourth-order valence-corrected chi connectivity index (χ4v) is 18.9. The summed E-state index contributed by atoms with van der Waals surface area (Å²) >= 11 is 14.7. The molecule has 13 aromatic rings. The van der Waals surface area contributed by atoms with Crippen molar-refractivity contribution in [3.8, 4) is 16.9 Å². The lowest BCUT2D eigenvalue weighted by molar-refractivity contribution is -0.137. The highest BCUT2D eigenvalue weighted by Crippen LogP contribution is 2.46. The number of hydrogen-bond acceptors (Lipinski definition) is 10. The topological polar surface area (TPSA) is 275 Å². The number of amides is 4. The van der Waals surface area contributed by atoms with Gasteiger partial charge in [0.2, 0.25) is 0 Å². The number of hydrogen-bond donors (Lipinski definition) is 8. The summed E-state index contributed by atoms with van der Waals surface area (Å²) < 4.78 is 190. The van der Waals surface area contributed by atoms with Gasteiger partial charge in [-0.2, -0.15) is 52.7 Å². The number of carboxylic acids is 4. The number of carbonyl (C=O) groups is 8. The molecule has 14 rings (SSSR count). The quantitative estimate of drug-likeness (QED) is 0.0101. The van der Waals surface area contributed by atoms with Crippen LogP contribution in [0.15, 0.2) is 254 Å². The monoisotopic (exact) mass is 2110 g/mol. The van der Waals surface area contributed by atoms with Crippen LogP contribution in [0.3, 0.4) is 0 Å². The fourth-order valence-electron chi connectivity index (χ4n) is 17.6. The van der Waals surface area contributed by atoms with E-state index in [1.807, 2.05) is 55.5 Å². The van der Waals surface area contributed by atoms with Crippen molar-refractivity contribution in [3.63, 3.8) is 0 Å². The molecular weight excluding hydrogens is 2000 g/mol. The minimum atomic E-state index is -4.35. The van der Waals surface area contributed by atoms with Gasteiger partial charge in [-0.15, -0.1) is 11.8 Å². The molecule has 4 atom stereocenters. The van der Waals surface area contributed by atoms with Crippen molar-refractivity contribution < 1.29 is 125 Å². The molecule has 8 N–H and O–H groups in total. The molecule has 0 aliphatic heterocycles. The number of aliphatic carboxylic acids is 4. The molecule has 148 heavy (non-hydrogen) atoms. The van der Waals surface area contributed by atoms with Crippen molar-refractivity contribution in [2.75, 3.05) is 38.5 Å². The van der Waals surface area contributed by atoms with Crippen LogP contribution >= 0.6 is 35.0 Å². The summed E-state index contributed by atoms with van der Waals surface area (Å²) in [7, 11) is 0. The number of benzene rings is 13. The van der Waals surface area contributed by atoms with Gasteiger partial charge in [0.25, 0.3) is 23.6 Å². The number of carboxylic acid groups (broad SMARTS) is 4. The Labute approximate surface area is 860 Å². The molecule has 782 valence electrons. The first-order chi connectivity index (χ1) is 70.3. The molecule has 0 saturated heterocycles. The zero-order chi connectivity index (χ0) is 107. The van der Waals surface area contributed by atoms with Gasteiger partial charge in [0.05, 0.1) is 42.3 Å². The number of carbonyl (C=O) groups excluding carboxylic acids is 4. The van der Waals surface area contributed by atoms with Gasteiger partial charge in [-0.05, 0) is 240 Å². The second kappa shape index (κ2) is 53.9. The number of alkyl halides is 12. The summed E-state index contributed by atoms with van der Waals surface area (Å²) in [6, 6.07) is 70.8. The second-order valence-electron chi connectivity index (χ2n) is 35.9. The lowest BCUT2D eigenvalue weighted by Crippen LogP contribution is -2.25. The molecular formula is C114H110Cl2F14N4O13S. The lowest BCUT2D eigenvalue weighted by Gasteiger charge is -2.23. The van der Waals surface area contributed by atoms with Crippen LogP contribution in [0.5, 0.6) is 5.75 Å². The van der Waals surface area contributed by atoms with Crippen LogP contribution in [0.2, 0.25) is 10.0 Å². The smallest absolute Gasteiger partial charge is 0.389 e. The molecule has 1 saturated carbocycles. The van der Waals surface area contributed by atoms with Gasteiger partial charge in [-0.1, -0.05) is 227 Å². The molecule has 4 unspecified atom stereocenters. The molecule has 1 fully saturated rings. The standard InChI is InChI=1S/C30H24F5NO3.C30H32F3NO3.C28H28Cl2F3NO4.C26H26F3NO3S/c31-26-10-9-23(17-27(26)32)21-5-6-22-16-24(8-7-20(22)15-21)25(11-13-30(33,34)35)18-1-3-19(4-2-18)29(39)36-14-12-28(37)38;31-30(32,33)16-14-27(21-6-8-22(9-7-21)29(37)34-17-15-28(35)36)26-13-12-24-18-23(10-11-25(24)19-26)20-4-2-1-3-5-20;1-2-3-14-38-26-23(29)16-20-15-19(8-9-22(20)25(26)30)21(10-12-28(31,32)33)17-4-6-18(7-5-17)27(37)34-13-11-24(35)36;1-2-34-22-10-9-19-15-21(8-7-20(19)16-22)23(11-13-26(27,28)29)17-3-5-18(6-4-17)25(33)30-14-12-24(31)32/h1-10,15-17,25H,11-14H2,(H,36,39)(H,37,38);6-13,18-20,27H,1-5,14-17H2,(H,34,37)(H,35,36);4-9,15-16,21H,2-3,10-14H2,1H3,(H,34,37)(H,35,36);3-10,15-16,23H,2,11-14H2,1H3,(H,30,33)(H,31,32). The highest BCUT2D eigenvalue weighted by molar-refractivity contribution is 7.99. The molecule has 0 spiro atoms. The van der Waals surface area contributed by atoms with Crippen molar-refractivity contribution in [2.45, 2.75) is 195 Å². The predicted octanol–water partition coefficient (Wildman–Crippen LogP) is 29.7. The molecule has 13 aromatic carbocycles. The van der Waals surface area contributed by atoms with Crippen molar-refractivity contribution in [1.82, 2.24) is 21.3 Å². The molecule has 34 heteroatoms. The molecule has 0 radical (unpaired) electrons. The first-order valence-corrected chi connectivity index (χ1v) is 50.0. The molecule has 4 amide bonds. The third-order valence-corrected chi connectivity index (χ3v) is 26.8. The SMILES string of the molecule is CCCCOc1c(Cl)cc2cc(C(CCC(F)(F)F)c3ccc(C(=O)NCCC(=O)O)cc3)ccc2c1Cl.CCSc1ccc2cc(C(CCC(F)(F)F)c3ccc(C(=O)NCCC(=O)O)cc3)ccc2c1.O=C(O)CCNC(=O)c1ccc(C(CCC(F)(F)F)c2ccc3cc(-c4ccc(F)c(F)c4)ccc3c2)cc1.O=C(O)CCNC(=O)c1ccc(C(CCC(F)(F)F)c2ccc3cc(C4CCCCC4)ccc3c2)cc1. The Morgan fingerprint density at radius 3 is 1.03 bits per heavy atom.